The molecule has 134 valence electrons. The molecule has 0 aromatic rings. The SMILES string of the molecule is CC(C)(C)OC(=O)N1CCCC1C1CCCCC1NCCCO. The molecule has 3 atom stereocenters. The number of carbonyl (C=O) groups excluding carboxylic acids is 1. The Morgan fingerprint density at radius 3 is 2.65 bits per heavy atom. The third-order valence-corrected chi connectivity index (χ3v) is 4.98. The Labute approximate surface area is 140 Å². The summed E-state index contributed by atoms with van der Waals surface area (Å²) in [7, 11) is 0. The van der Waals surface area contributed by atoms with Gasteiger partial charge in [-0.25, -0.2) is 4.79 Å². The van der Waals surface area contributed by atoms with Gasteiger partial charge in [-0.1, -0.05) is 12.8 Å². The number of ether oxygens (including phenoxy) is 1. The topological polar surface area (TPSA) is 61.8 Å². The van der Waals surface area contributed by atoms with Gasteiger partial charge in [0.2, 0.25) is 0 Å². The van der Waals surface area contributed by atoms with Gasteiger partial charge in [0, 0.05) is 25.2 Å². The van der Waals surface area contributed by atoms with Gasteiger partial charge in [-0.2, -0.15) is 0 Å². The van der Waals surface area contributed by atoms with Crippen LogP contribution in [0.5, 0.6) is 0 Å². The molecule has 1 saturated heterocycles. The minimum Gasteiger partial charge on any atom is -0.444 e. The zero-order chi connectivity index (χ0) is 16.9. The number of carbonyl (C=O) groups is 1. The largest absolute Gasteiger partial charge is 0.444 e. The molecule has 0 bridgehead atoms. The standard InChI is InChI=1S/C18H34N2O3/c1-18(2,3)23-17(22)20-12-6-10-16(20)14-8-4-5-9-15(14)19-11-7-13-21/h14-16,19,21H,4-13H2,1-3H3. The van der Waals surface area contributed by atoms with Crippen LogP contribution in [0.4, 0.5) is 4.79 Å². The average molecular weight is 326 g/mol. The van der Waals surface area contributed by atoms with Gasteiger partial charge in [0.15, 0.2) is 0 Å². The fourth-order valence-corrected chi connectivity index (χ4v) is 4.02. The molecule has 1 saturated carbocycles. The number of aliphatic hydroxyl groups excluding tert-OH is 1. The maximum absolute atomic E-state index is 12.5. The molecule has 1 aliphatic heterocycles. The Balaban J connectivity index is 1.99. The molecule has 5 heteroatoms. The molecule has 1 amide bonds. The van der Waals surface area contributed by atoms with Gasteiger partial charge in [-0.3, -0.25) is 0 Å². The molecule has 0 spiro atoms. The number of amides is 1. The van der Waals surface area contributed by atoms with Crippen LogP contribution in [0, 0.1) is 5.92 Å². The molecule has 2 aliphatic rings. The molecule has 0 radical (unpaired) electrons. The Bertz CT molecular complexity index is 381. The first kappa shape index (κ1) is 18.5. The summed E-state index contributed by atoms with van der Waals surface area (Å²) in [5.41, 5.74) is -0.435. The van der Waals surface area contributed by atoms with Gasteiger partial charge in [0.05, 0.1) is 0 Å². The summed E-state index contributed by atoms with van der Waals surface area (Å²) in [6.07, 6.45) is 7.67. The van der Waals surface area contributed by atoms with Crippen LogP contribution in [0.25, 0.3) is 0 Å². The van der Waals surface area contributed by atoms with Gasteiger partial charge in [-0.05, 0) is 65.3 Å². The van der Waals surface area contributed by atoms with Gasteiger partial charge < -0.3 is 20.1 Å². The van der Waals surface area contributed by atoms with E-state index in [0.29, 0.717) is 18.0 Å². The fraction of sp³-hybridized carbons (Fsp3) is 0.944. The van der Waals surface area contributed by atoms with Crippen molar-refractivity contribution in [1.82, 2.24) is 10.2 Å². The Morgan fingerprint density at radius 1 is 1.22 bits per heavy atom. The lowest BCUT2D eigenvalue weighted by molar-refractivity contribution is 0.0133. The third-order valence-electron chi connectivity index (χ3n) is 4.98. The molecular weight excluding hydrogens is 292 g/mol. The first-order valence-electron chi connectivity index (χ1n) is 9.26. The van der Waals surface area contributed by atoms with E-state index in [2.05, 4.69) is 5.32 Å². The highest BCUT2D eigenvalue weighted by molar-refractivity contribution is 5.69. The van der Waals surface area contributed by atoms with Crippen LogP contribution in [0.3, 0.4) is 0 Å². The number of nitrogens with one attached hydrogen (secondary N) is 1. The van der Waals surface area contributed by atoms with Crippen molar-refractivity contribution < 1.29 is 14.6 Å². The van der Waals surface area contributed by atoms with Crippen molar-refractivity contribution in [3.05, 3.63) is 0 Å². The lowest BCUT2D eigenvalue weighted by atomic mass is 9.79. The molecule has 3 unspecified atom stereocenters. The second kappa shape index (κ2) is 8.34. The second-order valence-corrected chi connectivity index (χ2v) is 7.97. The number of rotatable bonds is 5. The Hall–Kier alpha value is -0.810. The summed E-state index contributed by atoms with van der Waals surface area (Å²) in [5.74, 6) is 0.512. The number of hydrogen-bond acceptors (Lipinski definition) is 4. The molecule has 23 heavy (non-hydrogen) atoms. The van der Waals surface area contributed by atoms with Crippen molar-refractivity contribution in [1.29, 1.82) is 0 Å². The van der Waals surface area contributed by atoms with Crippen molar-refractivity contribution in [3.8, 4) is 0 Å². The Morgan fingerprint density at radius 2 is 1.96 bits per heavy atom. The van der Waals surface area contributed by atoms with Crippen LogP contribution in [0.2, 0.25) is 0 Å². The van der Waals surface area contributed by atoms with E-state index >= 15 is 0 Å². The molecule has 2 N–H and O–H groups in total. The van der Waals surface area contributed by atoms with Gasteiger partial charge in [0.1, 0.15) is 5.60 Å². The molecule has 0 aromatic heterocycles. The molecule has 2 rings (SSSR count). The zero-order valence-corrected chi connectivity index (χ0v) is 15.0. The second-order valence-electron chi connectivity index (χ2n) is 7.97. The summed E-state index contributed by atoms with van der Waals surface area (Å²) in [5, 5.41) is 12.6. The minimum absolute atomic E-state index is 0.153. The Kier molecular flexibility index (Phi) is 6.72. The van der Waals surface area contributed by atoms with Crippen molar-refractivity contribution in [3.63, 3.8) is 0 Å². The van der Waals surface area contributed by atoms with Crippen LogP contribution in [0.15, 0.2) is 0 Å². The maximum atomic E-state index is 12.5. The zero-order valence-electron chi connectivity index (χ0n) is 15.0. The quantitative estimate of drug-likeness (QED) is 0.763. The molecule has 5 nitrogen and oxygen atoms in total. The number of hydrogen-bond donors (Lipinski definition) is 2. The van der Waals surface area contributed by atoms with E-state index in [1.165, 1.54) is 25.7 Å². The summed E-state index contributed by atoms with van der Waals surface area (Å²) in [6, 6.07) is 0.764. The predicted octanol–water partition coefficient (Wildman–Crippen LogP) is 2.92. The van der Waals surface area contributed by atoms with E-state index in [0.717, 1.165) is 32.4 Å². The van der Waals surface area contributed by atoms with Crippen molar-refractivity contribution in [2.45, 2.75) is 83.4 Å². The van der Waals surface area contributed by atoms with Gasteiger partial charge in [0.25, 0.3) is 0 Å². The lowest BCUT2D eigenvalue weighted by Crippen LogP contribution is -2.50. The van der Waals surface area contributed by atoms with E-state index in [9.17, 15) is 4.79 Å². The summed E-state index contributed by atoms with van der Waals surface area (Å²) in [4.78, 5) is 14.5. The van der Waals surface area contributed by atoms with E-state index < -0.39 is 5.60 Å². The smallest absolute Gasteiger partial charge is 0.410 e. The lowest BCUT2D eigenvalue weighted by Gasteiger charge is -2.40. The van der Waals surface area contributed by atoms with Crippen LogP contribution < -0.4 is 5.32 Å². The highest BCUT2D eigenvalue weighted by Crippen LogP contribution is 2.35. The van der Waals surface area contributed by atoms with Crippen LogP contribution >= 0.6 is 0 Å². The van der Waals surface area contributed by atoms with Crippen LogP contribution in [0.1, 0.15) is 65.7 Å². The first-order chi connectivity index (χ1) is 10.9. The predicted molar refractivity (Wildman–Crippen MR) is 91.4 cm³/mol. The summed E-state index contributed by atoms with van der Waals surface area (Å²) < 4.78 is 5.61. The van der Waals surface area contributed by atoms with Crippen LogP contribution in [-0.4, -0.2) is 53.5 Å². The van der Waals surface area contributed by atoms with Gasteiger partial charge >= 0.3 is 6.09 Å². The molecule has 1 aliphatic carbocycles. The monoisotopic (exact) mass is 326 g/mol. The maximum Gasteiger partial charge on any atom is 0.410 e. The highest BCUT2D eigenvalue weighted by atomic mass is 16.6. The van der Waals surface area contributed by atoms with Crippen molar-refractivity contribution >= 4 is 6.09 Å². The third kappa shape index (κ3) is 5.35. The average Bonchev–Trinajstić information content (AvgIpc) is 2.96. The van der Waals surface area contributed by atoms with E-state index in [4.69, 9.17) is 9.84 Å². The normalized spacial score (nSPS) is 28.9. The van der Waals surface area contributed by atoms with Crippen LogP contribution in [-0.2, 0) is 4.74 Å². The molecule has 0 aromatic carbocycles. The van der Waals surface area contributed by atoms with E-state index in [1.54, 1.807) is 0 Å². The number of nitrogens with zero attached hydrogens (tertiary/aromatic N) is 1. The number of aliphatic hydroxyl groups is 1. The fourth-order valence-electron chi connectivity index (χ4n) is 4.02. The van der Waals surface area contributed by atoms with E-state index in [1.807, 2.05) is 25.7 Å². The number of likely N-dealkylation sites (tertiary alicyclic amines) is 1. The molecular formula is C18H34N2O3. The molecule has 1 heterocycles. The van der Waals surface area contributed by atoms with Gasteiger partial charge in [-0.15, -0.1) is 0 Å². The summed E-state index contributed by atoms with van der Waals surface area (Å²) in [6.45, 7) is 7.69. The van der Waals surface area contributed by atoms with Crippen molar-refractivity contribution in [2.75, 3.05) is 19.7 Å². The summed E-state index contributed by atoms with van der Waals surface area (Å²) >= 11 is 0. The first-order valence-corrected chi connectivity index (χ1v) is 9.26. The molecule has 2 fully saturated rings. The minimum atomic E-state index is -0.435. The van der Waals surface area contributed by atoms with Crippen molar-refractivity contribution in [2.24, 2.45) is 5.92 Å². The van der Waals surface area contributed by atoms with E-state index in [-0.39, 0.29) is 12.7 Å². The highest BCUT2D eigenvalue weighted by Gasteiger charge is 2.40.